The van der Waals surface area contributed by atoms with Crippen LogP contribution in [0.25, 0.3) is 0 Å². The van der Waals surface area contributed by atoms with Crippen LogP contribution in [0, 0.1) is 0 Å². The molecule has 98 valence electrons. The Labute approximate surface area is 100 Å². The molecule has 1 aliphatic heterocycles. The van der Waals surface area contributed by atoms with Crippen molar-refractivity contribution in [3.63, 3.8) is 0 Å². The van der Waals surface area contributed by atoms with Gasteiger partial charge >= 0.3 is 5.97 Å². The third kappa shape index (κ3) is 3.98. The molecule has 2 N–H and O–H groups in total. The standard InChI is InChI=1S/C11H19NO5/c1-11(2,3)17-6-9(14)12-5-7(13)4-8(12)10(15)16/h7-8,13H,4-6H2,1-3H3,(H,15,16)/t7-,8-/m0/s1. The molecular formula is C11H19NO5. The SMILES string of the molecule is CC(C)(C)OCC(=O)N1C[C@@H](O)C[C@H]1C(=O)O. The van der Waals surface area contributed by atoms with Crippen LogP contribution in [0.2, 0.25) is 0 Å². The van der Waals surface area contributed by atoms with Crippen molar-refractivity contribution in [3.05, 3.63) is 0 Å². The second kappa shape index (κ2) is 5.01. The lowest BCUT2D eigenvalue weighted by molar-refractivity contribution is -0.152. The van der Waals surface area contributed by atoms with Crippen LogP contribution in [0.15, 0.2) is 0 Å². The van der Waals surface area contributed by atoms with Crippen molar-refractivity contribution in [3.8, 4) is 0 Å². The summed E-state index contributed by atoms with van der Waals surface area (Å²) in [5, 5.41) is 18.3. The molecule has 2 atom stereocenters. The van der Waals surface area contributed by atoms with Crippen LogP contribution in [-0.2, 0) is 14.3 Å². The minimum atomic E-state index is -1.09. The number of aliphatic carboxylic acids is 1. The molecule has 1 saturated heterocycles. The predicted octanol–water partition coefficient (Wildman–Crippen LogP) is -0.152. The van der Waals surface area contributed by atoms with E-state index in [2.05, 4.69) is 0 Å². The molecule has 1 fully saturated rings. The van der Waals surface area contributed by atoms with Crippen molar-refractivity contribution in [1.29, 1.82) is 0 Å². The summed E-state index contributed by atoms with van der Waals surface area (Å²) in [5.74, 6) is -1.49. The van der Waals surface area contributed by atoms with Gasteiger partial charge in [0.15, 0.2) is 0 Å². The van der Waals surface area contributed by atoms with Crippen LogP contribution < -0.4 is 0 Å². The number of carboxylic acids is 1. The number of aliphatic hydroxyl groups excluding tert-OH is 1. The molecule has 0 unspecified atom stereocenters. The molecule has 0 saturated carbocycles. The zero-order valence-corrected chi connectivity index (χ0v) is 10.3. The van der Waals surface area contributed by atoms with E-state index in [0.717, 1.165) is 0 Å². The molecule has 1 amide bonds. The largest absolute Gasteiger partial charge is 0.480 e. The Kier molecular flexibility index (Phi) is 4.11. The maximum absolute atomic E-state index is 11.8. The highest BCUT2D eigenvalue weighted by atomic mass is 16.5. The Bertz CT molecular complexity index is 309. The zero-order chi connectivity index (χ0) is 13.2. The van der Waals surface area contributed by atoms with Crippen LogP contribution in [0.1, 0.15) is 27.2 Å². The number of carboxylic acid groups (broad SMARTS) is 1. The molecule has 1 rings (SSSR count). The summed E-state index contributed by atoms with van der Waals surface area (Å²) in [4.78, 5) is 23.9. The highest BCUT2D eigenvalue weighted by molar-refractivity contribution is 5.85. The van der Waals surface area contributed by atoms with E-state index in [0.29, 0.717) is 0 Å². The number of β-amino-alcohol motifs (C(OH)–C–C–N with tert-alkyl or cyclic N) is 1. The van der Waals surface area contributed by atoms with Gasteiger partial charge in [0, 0.05) is 13.0 Å². The second-order valence-electron chi connectivity index (χ2n) is 5.19. The minimum Gasteiger partial charge on any atom is -0.480 e. The van der Waals surface area contributed by atoms with Gasteiger partial charge in [-0.2, -0.15) is 0 Å². The third-order valence-corrected chi connectivity index (χ3v) is 2.51. The third-order valence-electron chi connectivity index (χ3n) is 2.51. The Morgan fingerprint density at radius 2 is 2.00 bits per heavy atom. The summed E-state index contributed by atoms with van der Waals surface area (Å²) in [6.45, 7) is 5.33. The Morgan fingerprint density at radius 1 is 1.41 bits per heavy atom. The van der Waals surface area contributed by atoms with Crippen LogP contribution in [-0.4, -0.2) is 57.9 Å². The van der Waals surface area contributed by atoms with Crippen molar-refractivity contribution in [1.82, 2.24) is 4.90 Å². The van der Waals surface area contributed by atoms with E-state index < -0.39 is 29.6 Å². The molecule has 0 aromatic heterocycles. The fourth-order valence-corrected chi connectivity index (χ4v) is 1.68. The lowest BCUT2D eigenvalue weighted by atomic mass is 10.2. The zero-order valence-electron chi connectivity index (χ0n) is 10.3. The Morgan fingerprint density at radius 3 is 2.47 bits per heavy atom. The molecule has 0 aliphatic carbocycles. The number of hydrogen-bond donors (Lipinski definition) is 2. The molecular weight excluding hydrogens is 226 g/mol. The number of carbonyl (C=O) groups is 2. The van der Waals surface area contributed by atoms with Gasteiger partial charge < -0.3 is 19.8 Å². The van der Waals surface area contributed by atoms with Gasteiger partial charge in [0.05, 0.1) is 11.7 Å². The summed E-state index contributed by atoms with van der Waals surface area (Å²) in [7, 11) is 0. The van der Waals surface area contributed by atoms with Crippen molar-refractivity contribution in [2.75, 3.05) is 13.2 Å². The number of likely N-dealkylation sites (tertiary alicyclic amines) is 1. The number of aliphatic hydroxyl groups is 1. The molecule has 0 aromatic carbocycles. The van der Waals surface area contributed by atoms with Gasteiger partial charge in [-0.3, -0.25) is 4.79 Å². The summed E-state index contributed by atoms with van der Waals surface area (Å²) < 4.78 is 5.30. The monoisotopic (exact) mass is 245 g/mol. The molecule has 1 aliphatic rings. The van der Waals surface area contributed by atoms with Crippen LogP contribution in [0.4, 0.5) is 0 Å². The highest BCUT2D eigenvalue weighted by Gasteiger charge is 2.38. The summed E-state index contributed by atoms with van der Waals surface area (Å²) >= 11 is 0. The van der Waals surface area contributed by atoms with Crippen LogP contribution >= 0.6 is 0 Å². The Hall–Kier alpha value is -1.14. The first-order valence-electron chi connectivity index (χ1n) is 5.55. The van der Waals surface area contributed by atoms with Gasteiger partial charge in [-0.05, 0) is 20.8 Å². The molecule has 6 heteroatoms. The fraction of sp³-hybridized carbons (Fsp3) is 0.818. The lowest BCUT2D eigenvalue weighted by Gasteiger charge is -2.24. The van der Waals surface area contributed by atoms with Crippen molar-refractivity contribution in [2.24, 2.45) is 0 Å². The average Bonchev–Trinajstić information content (AvgIpc) is 2.55. The van der Waals surface area contributed by atoms with E-state index in [-0.39, 0.29) is 19.6 Å². The van der Waals surface area contributed by atoms with E-state index in [1.54, 1.807) is 0 Å². The predicted molar refractivity (Wildman–Crippen MR) is 59.5 cm³/mol. The van der Waals surface area contributed by atoms with Crippen LogP contribution in [0.3, 0.4) is 0 Å². The van der Waals surface area contributed by atoms with Gasteiger partial charge in [0.2, 0.25) is 5.91 Å². The van der Waals surface area contributed by atoms with E-state index in [4.69, 9.17) is 9.84 Å². The number of hydrogen-bond acceptors (Lipinski definition) is 4. The molecule has 0 spiro atoms. The second-order valence-corrected chi connectivity index (χ2v) is 5.19. The first-order valence-corrected chi connectivity index (χ1v) is 5.55. The first kappa shape index (κ1) is 13.9. The number of carbonyl (C=O) groups excluding carboxylic acids is 1. The average molecular weight is 245 g/mol. The fourth-order valence-electron chi connectivity index (χ4n) is 1.68. The summed E-state index contributed by atoms with van der Waals surface area (Å²) in [5.41, 5.74) is -0.452. The van der Waals surface area contributed by atoms with E-state index in [1.165, 1.54) is 4.90 Å². The molecule has 0 aromatic rings. The van der Waals surface area contributed by atoms with Crippen molar-refractivity contribution < 1.29 is 24.5 Å². The van der Waals surface area contributed by atoms with E-state index in [9.17, 15) is 14.7 Å². The smallest absolute Gasteiger partial charge is 0.326 e. The molecule has 1 heterocycles. The van der Waals surface area contributed by atoms with Gasteiger partial charge in [0.25, 0.3) is 0 Å². The van der Waals surface area contributed by atoms with Gasteiger partial charge in [-0.15, -0.1) is 0 Å². The summed E-state index contributed by atoms with van der Waals surface area (Å²) in [6, 6.07) is -0.943. The van der Waals surface area contributed by atoms with E-state index in [1.807, 2.05) is 20.8 Å². The molecule has 6 nitrogen and oxygen atoms in total. The maximum atomic E-state index is 11.8. The molecule has 17 heavy (non-hydrogen) atoms. The molecule has 0 bridgehead atoms. The maximum Gasteiger partial charge on any atom is 0.326 e. The number of rotatable bonds is 3. The number of ether oxygens (including phenoxy) is 1. The highest BCUT2D eigenvalue weighted by Crippen LogP contribution is 2.19. The number of nitrogens with zero attached hydrogens (tertiary/aromatic N) is 1. The topological polar surface area (TPSA) is 87.1 Å². The van der Waals surface area contributed by atoms with Gasteiger partial charge in [0.1, 0.15) is 12.6 Å². The van der Waals surface area contributed by atoms with Crippen molar-refractivity contribution in [2.45, 2.75) is 44.9 Å². The normalized spacial score (nSPS) is 25.1. The number of amides is 1. The quantitative estimate of drug-likeness (QED) is 0.722. The first-order chi connectivity index (χ1) is 7.70. The van der Waals surface area contributed by atoms with Gasteiger partial charge in [-0.25, -0.2) is 4.79 Å². The summed E-state index contributed by atoms with van der Waals surface area (Å²) in [6.07, 6.45) is -0.689. The Balaban J connectivity index is 2.59. The lowest BCUT2D eigenvalue weighted by Crippen LogP contribution is -2.43. The molecule has 0 radical (unpaired) electrons. The minimum absolute atomic E-state index is 0.0588. The van der Waals surface area contributed by atoms with Crippen molar-refractivity contribution >= 4 is 11.9 Å². The van der Waals surface area contributed by atoms with Gasteiger partial charge in [-0.1, -0.05) is 0 Å². The van der Waals surface area contributed by atoms with E-state index >= 15 is 0 Å². The van der Waals surface area contributed by atoms with Crippen LogP contribution in [0.5, 0.6) is 0 Å².